The van der Waals surface area contributed by atoms with E-state index in [0.29, 0.717) is 11.8 Å². The lowest BCUT2D eigenvalue weighted by molar-refractivity contribution is 0.0903. The van der Waals surface area contributed by atoms with E-state index in [1.807, 2.05) is 6.07 Å². The molecule has 0 spiro atoms. The highest BCUT2D eigenvalue weighted by Gasteiger charge is 2.29. The van der Waals surface area contributed by atoms with Gasteiger partial charge in [0.15, 0.2) is 0 Å². The number of methoxy groups -OCH3 is 1. The molecule has 0 amide bonds. The zero-order valence-electron chi connectivity index (χ0n) is 12.5. The fourth-order valence-corrected chi connectivity index (χ4v) is 3.19. The first-order valence-electron chi connectivity index (χ1n) is 7.27. The van der Waals surface area contributed by atoms with Crippen LogP contribution in [0.15, 0.2) is 22.7 Å². The molecule has 4 heteroatoms. The molecular formula is C16H24BrNO2. The summed E-state index contributed by atoms with van der Waals surface area (Å²) in [7, 11) is 1.68. The van der Waals surface area contributed by atoms with Gasteiger partial charge in [0, 0.05) is 19.1 Å². The standard InChI is InChI=1S/C16H24BrNO2/c1-11(2)9-18-10-13-6-7-20-16(13)12-4-5-15(19-3)14(17)8-12/h4-5,8,11,13,16,18H,6-7,9-10H2,1-3H3. The predicted molar refractivity (Wildman–Crippen MR) is 85.2 cm³/mol. The van der Waals surface area contributed by atoms with Crippen LogP contribution >= 0.6 is 15.9 Å². The van der Waals surface area contributed by atoms with Gasteiger partial charge in [-0.1, -0.05) is 19.9 Å². The van der Waals surface area contributed by atoms with E-state index in [2.05, 4.69) is 47.2 Å². The lowest BCUT2D eigenvalue weighted by Crippen LogP contribution is -2.28. The molecule has 2 atom stereocenters. The second-order valence-corrected chi connectivity index (χ2v) is 6.64. The van der Waals surface area contributed by atoms with E-state index in [1.54, 1.807) is 7.11 Å². The second-order valence-electron chi connectivity index (χ2n) is 5.79. The van der Waals surface area contributed by atoms with Gasteiger partial charge < -0.3 is 14.8 Å². The Balaban J connectivity index is 2.01. The van der Waals surface area contributed by atoms with Crippen molar-refractivity contribution in [2.45, 2.75) is 26.4 Å². The van der Waals surface area contributed by atoms with Crippen molar-refractivity contribution in [1.29, 1.82) is 0 Å². The molecule has 1 aromatic carbocycles. The van der Waals surface area contributed by atoms with Crippen LogP contribution in [-0.4, -0.2) is 26.8 Å². The Kier molecular flexibility index (Phi) is 5.87. The van der Waals surface area contributed by atoms with Crippen molar-refractivity contribution in [3.05, 3.63) is 28.2 Å². The van der Waals surface area contributed by atoms with E-state index < -0.39 is 0 Å². The van der Waals surface area contributed by atoms with Crippen LogP contribution in [0.4, 0.5) is 0 Å². The van der Waals surface area contributed by atoms with Gasteiger partial charge in [-0.3, -0.25) is 0 Å². The molecule has 1 aliphatic heterocycles. The fraction of sp³-hybridized carbons (Fsp3) is 0.625. The molecule has 2 rings (SSSR count). The molecule has 1 aromatic rings. The van der Waals surface area contributed by atoms with Gasteiger partial charge in [0.1, 0.15) is 5.75 Å². The number of halogens is 1. The molecule has 1 heterocycles. The Morgan fingerprint density at radius 2 is 2.25 bits per heavy atom. The number of nitrogens with one attached hydrogen (secondary N) is 1. The molecule has 3 nitrogen and oxygen atoms in total. The van der Waals surface area contributed by atoms with Crippen LogP contribution in [0.5, 0.6) is 5.75 Å². The summed E-state index contributed by atoms with van der Waals surface area (Å²) >= 11 is 3.55. The highest BCUT2D eigenvalue weighted by atomic mass is 79.9. The summed E-state index contributed by atoms with van der Waals surface area (Å²) in [5.41, 5.74) is 1.23. The number of benzene rings is 1. The zero-order valence-corrected chi connectivity index (χ0v) is 14.1. The number of ether oxygens (including phenoxy) is 2. The van der Waals surface area contributed by atoms with Crippen LogP contribution in [0.3, 0.4) is 0 Å². The Labute approximate surface area is 130 Å². The molecule has 1 fully saturated rings. The quantitative estimate of drug-likeness (QED) is 0.853. The molecule has 1 aliphatic rings. The normalized spacial score (nSPS) is 22.4. The summed E-state index contributed by atoms with van der Waals surface area (Å²) in [6.07, 6.45) is 1.32. The highest BCUT2D eigenvalue weighted by molar-refractivity contribution is 9.10. The van der Waals surface area contributed by atoms with Crippen LogP contribution in [0.2, 0.25) is 0 Å². The summed E-state index contributed by atoms with van der Waals surface area (Å²) in [4.78, 5) is 0. The number of rotatable bonds is 6. The number of hydrogen-bond donors (Lipinski definition) is 1. The molecule has 0 aliphatic carbocycles. The Morgan fingerprint density at radius 3 is 2.90 bits per heavy atom. The SMILES string of the molecule is COc1ccc(C2OCCC2CNCC(C)C)cc1Br. The Hall–Kier alpha value is -0.580. The molecule has 2 unspecified atom stereocenters. The van der Waals surface area contributed by atoms with Crippen LogP contribution < -0.4 is 10.1 Å². The fourth-order valence-electron chi connectivity index (χ4n) is 2.63. The van der Waals surface area contributed by atoms with Crippen LogP contribution in [0.25, 0.3) is 0 Å². The van der Waals surface area contributed by atoms with Crippen LogP contribution in [0.1, 0.15) is 31.9 Å². The van der Waals surface area contributed by atoms with Gasteiger partial charge in [-0.2, -0.15) is 0 Å². The van der Waals surface area contributed by atoms with Crippen molar-refractivity contribution in [3.63, 3.8) is 0 Å². The zero-order chi connectivity index (χ0) is 14.5. The van der Waals surface area contributed by atoms with E-state index in [0.717, 1.165) is 36.3 Å². The smallest absolute Gasteiger partial charge is 0.133 e. The van der Waals surface area contributed by atoms with Crippen molar-refractivity contribution in [1.82, 2.24) is 5.32 Å². The van der Waals surface area contributed by atoms with E-state index in [1.165, 1.54) is 5.56 Å². The minimum atomic E-state index is 0.192. The molecular weight excluding hydrogens is 318 g/mol. The van der Waals surface area contributed by atoms with Crippen molar-refractivity contribution in [2.24, 2.45) is 11.8 Å². The molecule has 20 heavy (non-hydrogen) atoms. The lowest BCUT2D eigenvalue weighted by atomic mass is 9.95. The molecule has 0 bridgehead atoms. The largest absolute Gasteiger partial charge is 0.496 e. The minimum Gasteiger partial charge on any atom is -0.496 e. The third-order valence-electron chi connectivity index (χ3n) is 3.68. The topological polar surface area (TPSA) is 30.5 Å². The minimum absolute atomic E-state index is 0.192. The van der Waals surface area contributed by atoms with Crippen LogP contribution in [-0.2, 0) is 4.74 Å². The summed E-state index contributed by atoms with van der Waals surface area (Å²) < 4.78 is 12.2. The van der Waals surface area contributed by atoms with Gasteiger partial charge >= 0.3 is 0 Å². The Morgan fingerprint density at radius 1 is 1.45 bits per heavy atom. The van der Waals surface area contributed by atoms with Gasteiger partial charge in [0.05, 0.1) is 17.7 Å². The van der Waals surface area contributed by atoms with Gasteiger partial charge in [-0.15, -0.1) is 0 Å². The van der Waals surface area contributed by atoms with Crippen molar-refractivity contribution in [3.8, 4) is 5.75 Å². The molecule has 0 radical (unpaired) electrons. The monoisotopic (exact) mass is 341 g/mol. The Bertz CT molecular complexity index is 436. The summed E-state index contributed by atoms with van der Waals surface area (Å²) in [6.45, 7) is 7.40. The molecule has 0 aromatic heterocycles. The number of hydrogen-bond acceptors (Lipinski definition) is 3. The third-order valence-corrected chi connectivity index (χ3v) is 4.30. The lowest BCUT2D eigenvalue weighted by Gasteiger charge is -2.20. The highest BCUT2D eigenvalue weighted by Crippen LogP contribution is 2.37. The van der Waals surface area contributed by atoms with E-state index in [4.69, 9.17) is 9.47 Å². The van der Waals surface area contributed by atoms with Crippen LogP contribution in [0, 0.1) is 11.8 Å². The molecule has 0 saturated carbocycles. The summed E-state index contributed by atoms with van der Waals surface area (Å²) in [5.74, 6) is 2.10. The third kappa shape index (κ3) is 3.96. The van der Waals surface area contributed by atoms with E-state index in [9.17, 15) is 0 Å². The van der Waals surface area contributed by atoms with E-state index >= 15 is 0 Å². The maximum atomic E-state index is 5.94. The average Bonchev–Trinajstić information content (AvgIpc) is 2.86. The average molecular weight is 342 g/mol. The summed E-state index contributed by atoms with van der Waals surface area (Å²) in [6, 6.07) is 6.22. The van der Waals surface area contributed by atoms with Gasteiger partial charge in [-0.05, 0) is 52.5 Å². The van der Waals surface area contributed by atoms with Gasteiger partial charge in [-0.25, -0.2) is 0 Å². The maximum absolute atomic E-state index is 5.94. The van der Waals surface area contributed by atoms with Crippen molar-refractivity contribution in [2.75, 3.05) is 26.8 Å². The van der Waals surface area contributed by atoms with Gasteiger partial charge in [0.25, 0.3) is 0 Å². The van der Waals surface area contributed by atoms with Gasteiger partial charge in [0.2, 0.25) is 0 Å². The maximum Gasteiger partial charge on any atom is 0.133 e. The molecule has 1 saturated heterocycles. The predicted octanol–water partition coefficient (Wildman–Crippen LogP) is 3.78. The second kappa shape index (κ2) is 7.43. The first-order chi connectivity index (χ1) is 9.61. The van der Waals surface area contributed by atoms with E-state index in [-0.39, 0.29) is 6.10 Å². The molecule has 1 N–H and O–H groups in total. The summed E-state index contributed by atoms with van der Waals surface area (Å²) in [5, 5.41) is 3.55. The van der Waals surface area contributed by atoms with Crippen molar-refractivity contribution >= 4 is 15.9 Å². The first-order valence-corrected chi connectivity index (χ1v) is 8.07. The first kappa shape index (κ1) is 15.8. The van der Waals surface area contributed by atoms with Crippen molar-refractivity contribution < 1.29 is 9.47 Å². The molecule has 112 valence electrons.